The van der Waals surface area contributed by atoms with Crippen LogP contribution in [0.15, 0.2) is 34.9 Å². The summed E-state index contributed by atoms with van der Waals surface area (Å²) in [5.74, 6) is 0. The van der Waals surface area contributed by atoms with E-state index in [2.05, 4.69) is 30.9 Å². The number of aromatic nitrogens is 4. The molecular formula is C14H8BrN5O2. The molecule has 7 nitrogen and oxygen atoms in total. The van der Waals surface area contributed by atoms with Crippen LogP contribution in [0.4, 0.5) is 5.69 Å². The molecule has 0 aliphatic heterocycles. The Bertz CT molecular complexity index is 1090. The fourth-order valence-electron chi connectivity index (χ4n) is 2.56. The monoisotopic (exact) mass is 357 g/mol. The van der Waals surface area contributed by atoms with E-state index < -0.39 is 4.92 Å². The lowest BCUT2D eigenvalue weighted by Gasteiger charge is -1.99. The van der Waals surface area contributed by atoms with E-state index in [9.17, 15) is 10.1 Å². The van der Waals surface area contributed by atoms with Crippen molar-refractivity contribution >= 4 is 54.8 Å². The van der Waals surface area contributed by atoms with Crippen molar-refractivity contribution in [1.82, 2.24) is 19.5 Å². The van der Waals surface area contributed by atoms with Crippen LogP contribution in [0.2, 0.25) is 0 Å². The molecule has 3 heterocycles. The summed E-state index contributed by atoms with van der Waals surface area (Å²) < 4.78 is 2.67. The maximum absolute atomic E-state index is 11.0. The second-order valence-corrected chi connectivity index (χ2v) is 5.83. The van der Waals surface area contributed by atoms with Gasteiger partial charge in [0.25, 0.3) is 5.69 Å². The number of nitro benzene ring substituents is 1. The smallest absolute Gasteiger partial charge is 0.270 e. The van der Waals surface area contributed by atoms with Gasteiger partial charge in [-0.2, -0.15) is 0 Å². The molecule has 0 saturated heterocycles. The molecule has 0 amide bonds. The van der Waals surface area contributed by atoms with E-state index in [-0.39, 0.29) is 5.69 Å². The van der Waals surface area contributed by atoms with E-state index in [1.807, 2.05) is 17.7 Å². The van der Waals surface area contributed by atoms with Crippen molar-refractivity contribution in [3.8, 4) is 0 Å². The normalized spacial score (nSPS) is 11.5. The predicted molar refractivity (Wildman–Crippen MR) is 85.7 cm³/mol. The molecule has 0 spiro atoms. The van der Waals surface area contributed by atoms with Gasteiger partial charge in [-0.3, -0.25) is 10.1 Å². The van der Waals surface area contributed by atoms with Gasteiger partial charge in [-0.05, 0) is 28.1 Å². The number of fused-ring (bicyclic) bond motifs is 4. The SMILES string of the molecule is Cn1c2ccc([N+](=O)[O-])cc2c2nc3cc(Br)cnc3nc21. The topological polar surface area (TPSA) is 86.7 Å². The van der Waals surface area contributed by atoms with Crippen LogP contribution in [0.5, 0.6) is 0 Å². The highest BCUT2D eigenvalue weighted by molar-refractivity contribution is 9.10. The predicted octanol–water partition coefficient (Wildman–Crippen LogP) is 3.34. The molecule has 3 aromatic heterocycles. The van der Waals surface area contributed by atoms with Crippen LogP contribution >= 0.6 is 15.9 Å². The molecule has 0 bridgehead atoms. The van der Waals surface area contributed by atoms with Gasteiger partial charge in [-0.1, -0.05) is 0 Å². The van der Waals surface area contributed by atoms with Gasteiger partial charge in [-0.15, -0.1) is 0 Å². The lowest BCUT2D eigenvalue weighted by molar-refractivity contribution is -0.384. The van der Waals surface area contributed by atoms with Crippen LogP contribution < -0.4 is 0 Å². The van der Waals surface area contributed by atoms with Crippen molar-refractivity contribution in [3.05, 3.63) is 45.0 Å². The first kappa shape index (κ1) is 13.1. The van der Waals surface area contributed by atoms with Gasteiger partial charge in [0.2, 0.25) is 0 Å². The molecule has 0 atom stereocenters. The Morgan fingerprint density at radius 3 is 2.86 bits per heavy atom. The fourth-order valence-corrected chi connectivity index (χ4v) is 2.88. The summed E-state index contributed by atoms with van der Waals surface area (Å²) in [5.41, 5.74) is 3.34. The van der Waals surface area contributed by atoms with Crippen molar-refractivity contribution in [2.45, 2.75) is 0 Å². The first-order chi connectivity index (χ1) is 10.5. The zero-order valence-corrected chi connectivity index (χ0v) is 12.9. The number of nitro groups is 1. The zero-order valence-electron chi connectivity index (χ0n) is 11.3. The Hall–Kier alpha value is -2.61. The number of benzene rings is 1. The first-order valence-corrected chi connectivity index (χ1v) is 7.20. The number of aryl methyl sites for hydroxylation is 1. The van der Waals surface area contributed by atoms with Gasteiger partial charge < -0.3 is 4.57 Å². The summed E-state index contributed by atoms with van der Waals surface area (Å²) in [4.78, 5) is 23.9. The Kier molecular flexibility index (Phi) is 2.64. The molecule has 0 aliphatic rings. The summed E-state index contributed by atoms with van der Waals surface area (Å²) in [6.07, 6.45) is 1.66. The fraction of sp³-hybridized carbons (Fsp3) is 0.0714. The summed E-state index contributed by atoms with van der Waals surface area (Å²) in [6, 6.07) is 6.55. The molecular weight excluding hydrogens is 350 g/mol. The Morgan fingerprint density at radius 1 is 1.27 bits per heavy atom. The third kappa shape index (κ3) is 1.77. The molecule has 108 valence electrons. The van der Waals surface area contributed by atoms with Crippen LogP contribution in [-0.2, 0) is 7.05 Å². The van der Waals surface area contributed by atoms with E-state index in [0.717, 1.165) is 9.99 Å². The molecule has 4 rings (SSSR count). The van der Waals surface area contributed by atoms with Gasteiger partial charge in [0, 0.05) is 35.2 Å². The van der Waals surface area contributed by atoms with Crippen molar-refractivity contribution in [1.29, 1.82) is 0 Å². The van der Waals surface area contributed by atoms with Crippen LogP contribution in [-0.4, -0.2) is 24.4 Å². The van der Waals surface area contributed by atoms with Crippen LogP contribution in [0.25, 0.3) is 33.2 Å². The molecule has 8 heteroatoms. The van der Waals surface area contributed by atoms with Crippen molar-refractivity contribution in [3.63, 3.8) is 0 Å². The van der Waals surface area contributed by atoms with E-state index >= 15 is 0 Å². The lowest BCUT2D eigenvalue weighted by Crippen LogP contribution is -1.93. The largest absolute Gasteiger partial charge is 0.327 e. The number of rotatable bonds is 1. The summed E-state index contributed by atoms with van der Waals surface area (Å²) in [5, 5.41) is 11.7. The molecule has 0 aliphatic carbocycles. The summed E-state index contributed by atoms with van der Waals surface area (Å²) in [6.45, 7) is 0. The van der Waals surface area contributed by atoms with Crippen molar-refractivity contribution in [2.24, 2.45) is 7.05 Å². The Balaban J connectivity index is 2.19. The molecule has 4 aromatic rings. The number of non-ortho nitro benzene ring substituents is 1. The second-order valence-electron chi connectivity index (χ2n) is 4.91. The molecule has 22 heavy (non-hydrogen) atoms. The van der Waals surface area contributed by atoms with E-state index in [1.165, 1.54) is 12.1 Å². The Morgan fingerprint density at radius 2 is 2.09 bits per heavy atom. The maximum Gasteiger partial charge on any atom is 0.270 e. The average molecular weight is 358 g/mol. The first-order valence-electron chi connectivity index (χ1n) is 6.40. The van der Waals surface area contributed by atoms with Gasteiger partial charge in [0.1, 0.15) is 11.0 Å². The van der Waals surface area contributed by atoms with Gasteiger partial charge in [0.05, 0.1) is 10.4 Å². The number of pyridine rings is 1. The number of hydrogen-bond acceptors (Lipinski definition) is 5. The highest BCUT2D eigenvalue weighted by Crippen LogP contribution is 2.30. The molecule has 0 radical (unpaired) electrons. The number of halogens is 1. The van der Waals surface area contributed by atoms with E-state index in [4.69, 9.17) is 0 Å². The molecule has 0 fully saturated rings. The van der Waals surface area contributed by atoms with Crippen molar-refractivity contribution < 1.29 is 4.92 Å². The van der Waals surface area contributed by atoms with E-state index in [0.29, 0.717) is 27.7 Å². The minimum absolute atomic E-state index is 0.0364. The van der Waals surface area contributed by atoms with Gasteiger partial charge in [0.15, 0.2) is 11.3 Å². The number of hydrogen-bond donors (Lipinski definition) is 0. The third-order valence-corrected chi connectivity index (χ3v) is 4.03. The summed E-state index contributed by atoms with van der Waals surface area (Å²) in [7, 11) is 1.86. The quantitative estimate of drug-likeness (QED) is 0.385. The minimum atomic E-state index is -0.412. The highest BCUT2D eigenvalue weighted by atomic mass is 79.9. The number of nitrogens with zero attached hydrogens (tertiary/aromatic N) is 5. The van der Waals surface area contributed by atoms with Crippen LogP contribution in [0, 0.1) is 10.1 Å². The van der Waals surface area contributed by atoms with E-state index in [1.54, 1.807) is 12.3 Å². The highest BCUT2D eigenvalue weighted by Gasteiger charge is 2.16. The average Bonchev–Trinajstić information content (AvgIpc) is 2.77. The lowest BCUT2D eigenvalue weighted by atomic mass is 10.2. The molecule has 1 aromatic carbocycles. The molecule has 0 saturated carbocycles. The zero-order chi connectivity index (χ0) is 15.4. The Labute approximate surface area is 131 Å². The molecule has 0 N–H and O–H groups in total. The van der Waals surface area contributed by atoms with Crippen molar-refractivity contribution in [2.75, 3.05) is 0 Å². The minimum Gasteiger partial charge on any atom is -0.327 e. The van der Waals surface area contributed by atoms with Crippen LogP contribution in [0.1, 0.15) is 0 Å². The second kappa shape index (κ2) is 4.44. The summed E-state index contributed by atoms with van der Waals surface area (Å²) >= 11 is 3.36. The molecule has 0 unspecified atom stereocenters. The van der Waals surface area contributed by atoms with Gasteiger partial charge >= 0.3 is 0 Å². The third-order valence-electron chi connectivity index (χ3n) is 3.59. The van der Waals surface area contributed by atoms with Crippen LogP contribution in [0.3, 0.4) is 0 Å². The standard InChI is InChI=1S/C14H8BrN5O2/c1-19-11-3-2-8(20(21)22)5-9(11)12-14(19)18-13-10(17-12)4-7(15)6-16-13/h2-6H,1H3. The maximum atomic E-state index is 11.0. The van der Waals surface area contributed by atoms with Gasteiger partial charge in [-0.25, -0.2) is 15.0 Å².